The Hall–Kier alpha value is -0.940. The molecule has 3 unspecified atom stereocenters. The summed E-state index contributed by atoms with van der Waals surface area (Å²) in [7, 11) is 2.14. The molecule has 2 amide bonds. The number of likely N-dealkylation sites (tertiary alicyclic amines) is 2. The minimum absolute atomic E-state index is 0.0260. The van der Waals surface area contributed by atoms with Crippen molar-refractivity contribution >= 4 is 11.8 Å². The number of carbonyl (C=O) groups excluding carboxylic acids is 2. The van der Waals surface area contributed by atoms with E-state index in [0.717, 1.165) is 45.2 Å². The minimum atomic E-state index is -0.283. The number of imide groups is 1. The summed E-state index contributed by atoms with van der Waals surface area (Å²) >= 11 is 0. The molecular formula is C16H27N3O2. The number of piperidine rings is 1. The minimum Gasteiger partial charge on any atom is -0.306 e. The van der Waals surface area contributed by atoms with E-state index >= 15 is 0 Å². The Balaban J connectivity index is 1.61. The van der Waals surface area contributed by atoms with E-state index in [2.05, 4.69) is 24.2 Å². The van der Waals surface area contributed by atoms with E-state index in [9.17, 15) is 9.59 Å². The van der Waals surface area contributed by atoms with Crippen molar-refractivity contribution in [2.75, 3.05) is 20.1 Å². The summed E-state index contributed by atoms with van der Waals surface area (Å²) in [6.07, 6.45) is 5.69. The maximum absolute atomic E-state index is 12.6. The first kappa shape index (κ1) is 15.0. The SMILES string of the molecule is CC1CN(C)CCC1NC1CC(=O)N(C2CCCC2)C1=O. The second-order valence-electron chi connectivity index (χ2n) is 7.10. The molecule has 1 N–H and O–H groups in total. The quantitative estimate of drug-likeness (QED) is 0.788. The number of carbonyl (C=O) groups is 2. The lowest BCUT2D eigenvalue weighted by Gasteiger charge is -2.36. The second-order valence-corrected chi connectivity index (χ2v) is 7.10. The van der Waals surface area contributed by atoms with Crippen molar-refractivity contribution < 1.29 is 9.59 Å². The van der Waals surface area contributed by atoms with E-state index in [4.69, 9.17) is 0 Å². The van der Waals surface area contributed by atoms with Gasteiger partial charge in [-0.1, -0.05) is 19.8 Å². The largest absolute Gasteiger partial charge is 0.306 e. The van der Waals surface area contributed by atoms with Gasteiger partial charge in [-0.05, 0) is 38.8 Å². The van der Waals surface area contributed by atoms with Crippen molar-refractivity contribution in [3.05, 3.63) is 0 Å². The molecule has 0 aromatic heterocycles. The van der Waals surface area contributed by atoms with Crippen molar-refractivity contribution in [3.63, 3.8) is 0 Å². The number of nitrogens with one attached hydrogen (secondary N) is 1. The van der Waals surface area contributed by atoms with E-state index < -0.39 is 0 Å². The maximum Gasteiger partial charge on any atom is 0.247 e. The molecule has 0 radical (unpaired) electrons. The van der Waals surface area contributed by atoms with Gasteiger partial charge in [-0.25, -0.2) is 0 Å². The molecule has 21 heavy (non-hydrogen) atoms. The first-order valence-electron chi connectivity index (χ1n) is 8.36. The van der Waals surface area contributed by atoms with Gasteiger partial charge in [-0.2, -0.15) is 0 Å². The van der Waals surface area contributed by atoms with E-state index in [-0.39, 0.29) is 23.9 Å². The van der Waals surface area contributed by atoms with Crippen LogP contribution in [0.1, 0.15) is 45.4 Å². The molecule has 0 bridgehead atoms. The van der Waals surface area contributed by atoms with Crippen LogP contribution in [0.4, 0.5) is 0 Å². The molecule has 3 rings (SSSR count). The average Bonchev–Trinajstić information content (AvgIpc) is 3.02. The highest BCUT2D eigenvalue weighted by molar-refractivity contribution is 6.05. The van der Waals surface area contributed by atoms with Gasteiger partial charge in [0.1, 0.15) is 0 Å². The fourth-order valence-corrected chi connectivity index (χ4v) is 4.19. The third-order valence-corrected chi connectivity index (χ3v) is 5.40. The molecule has 0 aromatic carbocycles. The average molecular weight is 293 g/mol. The zero-order valence-corrected chi connectivity index (χ0v) is 13.2. The molecule has 1 saturated carbocycles. The van der Waals surface area contributed by atoms with Crippen LogP contribution < -0.4 is 5.32 Å². The summed E-state index contributed by atoms with van der Waals surface area (Å²) in [5, 5.41) is 3.48. The van der Waals surface area contributed by atoms with Crippen LogP contribution in [0, 0.1) is 5.92 Å². The number of rotatable bonds is 3. The van der Waals surface area contributed by atoms with Crippen LogP contribution in [0.15, 0.2) is 0 Å². The van der Waals surface area contributed by atoms with Crippen molar-refractivity contribution in [2.45, 2.75) is 63.6 Å². The van der Waals surface area contributed by atoms with Crippen molar-refractivity contribution in [1.29, 1.82) is 0 Å². The molecule has 118 valence electrons. The molecular weight excluding hydrogens is 266 g/mol. The van der Waals surface area contributed by atoms with Gasteiger partial charge in [0.15, 0.2) is 0 Å². The predicted molar refractivity (Wildman–Crippen MR) is 80.7 cm³/mol. The summed E-state index contributed by atoms with van der Waals surface area (Å²) in [4.78, 5) is 28.7. The Bertz CT molecular complexity index is 420. The Morgan fingerprint density at radius 2 is 1.86 bits per heavy atom. The Morgan fingerprint density at radius 1 is 1.14 bits per heavy atom. The summed E-state index contributed by atoms with van der Waals surface area (Å²) < 4.78 is 0. The molecule has 3 aliphatic rings. The van der Waals surface area contributed by atoms with E-state index in [1.165, 1.54) is 0 Å². The molecule has 2 heterocycles. The van der Waals surface area contributed by atoms with Crippen LogP contribution in [0.3, 0.4) is 0 Å². The second kappa shape index (κ2) is 6.05. The summed E-state index contributed by atoms with van der Waals surface area (Å²) in [5.41, 5.74) is 0. The van der Waals surface area contributed by atoms with Gasteiger partial charge in [0.05, 0.1) is 12.5 Å². The van der Waals surface area contributed by atoms with Crippen LogP contribution in [0.5, 0.6) is 0 Å². The van der Waals surface area contributed by atoms with Gasteiger partial charge in [-0.15, -0.1) is 0 Å². The van der Waals surface area contributed by atoms with E-state index in [1.54, 1.807) is 4.90 Å². The molecule has 0 aromatic rings. The van der Waals surface area contributed by atoms with Gasteiger partial charge in [-0.3, -0.25) is 14.5 Å². The Labute approximate surface area is 127 Å². The lowest BCUT2D eigenvalue weighted by atomic mass is 9.93. The van der Waals surface area contributed by atoms with Gasteiger partial charge >= 0.3 is 0 Å². The van der Waals surface area contributed by atoms with Crippen LogP contribution >= 0.6 is 0 Å². The number of hydrogen-bond donors (Lipinski definition) is 1. The highest BCUT2D eigenvalue weighted by atomic mass is 16.2. The van der Waals surface area contributed by atoms with Crippen molar-refractivity contribution in [1.82, 2.24) is 15.1 Å². The molecule has 0 spiro atoms. The van der Waals surface area contributed by atoms with Gasteiger partial charge in [0.25, 0.3) is 0 Å². The molecule has 5 heteroatoms. The highest BCUT2D eigenvalue weighted by Crippen LogP contribution is 2.29. The molecule has 2 aliphatic heterocycles. The van der Waals surface area contributed by atoms with Gasteiger partial charge in [0.2, 0.25) is 11.8 Å². The Kier molecular flexibility index (Phi) is 4.31. The van der Waals surface area contributed by atoms with Crippen LogP contribution in [0.25, 0.3) is 0 Å². The topological polar surface area (TPSA) is 52.7 Å². The van der Waals surface area contributed by atoms with Crippen molar-refractivity contribution in [3.8, 4) is 0 Å². The molecule has 5 nitrogen and oxygen atoms in total. The number of hydrogen-bond acceptors (Lipinski definition) is 4. The first-order valence-corrected chi connectivity index (χ1v) is 8.36. The Morgan fingerprint density at radius 3 is 2.52 bits per heavy atom. The van der Waals surface area contributed by atoms with Crippen molar-refractivity contribution in [2.24, 2.45) is 5.92 Å². The summed E-state index contributed by atoms with van der Waals surface area (Å²) in [6.45, 7) is 4.34. The normalized spacial score (nSPS) is 35.9. The lowest BCUT2D eigenvalue weighted by Crippen LogP contribution is -2.52. The molecule has 3 fully saturated rings. The zero-order valence-electron chi connectivity index (χ0n) is 13.2. The fourth-order valence-electron chi connectivity index (χ4n) is 4.19. The highest BCUT2D eigenvalue weighted by Gasteiger charge is 2.44. The molecule has 2 saturated heterocycles. The van der Waals surface area contributed by atoms with Gasteiger partial charge < -0.3 is 10.2 Å². The summed E-state index contributed by atoms with van der Waals surface area (Å²) in [6, 6.07) is 0.243. The van der Waals surface area contributed by atoms with Crippen LogP contribution in [-0.2, 0) is 9.59 Å². The maximum atomic E-state index is 12.6. The van der Waals surface area contributed by atoms with E-state index in [0.29, 0.717) is 18.4 Å². The number of amides is 2. The molecule has 3 atom stereocenters. The lowest BCUT2D eigenvalue weighted by molar-refractivity contribution is -0.141. The summed E-state index contributed by atoms with van der Waals surface area (Å²) in [5.74, 6) is 0.579. The number of nitrogens with zero attached hydrogens (tertiary/aromatic N) is 2. The van der Waals surface area contributed by atoms with E-state index in [1.807, 2.05) is 0 Å². The first-order chi connectivity index (χ1) is 10.1. The van der Waals surface area contributed by atoms with Crippen LogP contribution in [0.2, 0.25) is 0 Å². The van der Waals surface area contributed by atoms with Crippen LogP contribution in [-0.4, -0.2) is 59.9 Å². The zero-order chi connectivity index (χ0) is 15.0. The fraction of sp³-hybridized carbons (Fsp3) is 0.875. The standard InChI is InChI=1S/C16H27N3O2/c1-11-10-18(2)8-7-13(11)17-14-9-15(20)19(16(14)21)12-5-3-4-6-12/h11-14,17H,3-10H2,1-2H3. The molecule has 1 aliphatic carbocycles. The van der Waals surface area contributed by atoms with Gasteiger partial charge in [0, 0.05) is 18.6 Å². The third kappa shape index (κ3) is 2.99. The monoisotopic (exact) mass is 293 g/mol. The smallest absolute Gasteiger partial charge is 0.247 e. The predicted octanol–water partition coefficient (Wildman–Crippen LogP) is 0.986. The third-order valence-electron chi connectivity index (χ3n) is 5.40.